The summed E-state index contributed by atoms with van der Waals surface area (Å²) in [6, 6.07) is 9.10. The predicted octanol–water partition coefficient (Wildman–Crippen LogP) is 3.19. The van der Waals surface area contributed by atoms with Crippen LogP contribution in [0, 0.1) is 5.82 Å². The summed E-state index contributed by atoms with van der Waals surface area (Å²) in [5, 5.41) is 11.8. The van der Waals surface area contributed by atoms with Crippen molar-refractivity contribution in [2.45, 2.75) is 0 Å². The van der Waals surface area contributed by atoms with Gasteiger partial charge in [0.1, 0.15) is 5.82 Å². The minimum Gasteiger partial charge on any atom is -0.403 e. The van der Waals surface area contributed by atoms with Crippen LogP contribution in [0.2, 0.25) is 0 Å². The van der Waals surface area contributed by atoms with Gasteiger partial charge in [0.25, 0.3) is 5.91 Å². The average molecular weight is 289 g/mol. The SMILES string of the molecule is O=C(Nc1nnc(-c2ccc(F)cc2)o1)c1cccs1. The highest BCUT2D eigenvalue weighted by molar-refractivity contribution is 7.12. The number of hydrogen-bond donors (Lipinski definition) is 1. The van der Waals surface area contributed by atoms with Gasteiger partial charge in [0.05, 0.1) is 4.88 Å². The first-order valence-electron chi connectivity index (χ1n) is 5.67. The summed E-state index contributed by atoms with van der Waals surface area (Å²) in [6.45, 7) is 0. The summed E-state index contributed by atoms with van der Waals surface area (Å²) < 4.78 is 18.1. The Morgan fingerprint density at radius 3 is 2.70 bits per heavy atom. The molecule has 0 bridgehead atoms. The highest BCUT2D eigenvalue weighted by Gasteiger charge is 2.13. The molecular formula is C13H8FN3O2S. The van der Waals surface area contributed by atoms with Gasteiger partial charge in [-0.1, -0.05) is 11.2 Å². The summed E-state index contributed by atoms with van der Waals surface area (Å²) in [4.78, 5) is 12.3. The molecule has 2 aromatic heterocycles. The number of carbonyl (C=O) groups is 1. The fourth-order valence-corrected chi connectivity index (χ4v) is 2.17. The van der Waals surface area contributed by atoms with E-state index in [4.69, 9.17) is 4.42 Å². The number of amides is 1. The summed E-state index contributed by atoms with van der Waals surface area (Å²) >= 11 is 1.31. The highest BCUT2D eigenvalue weighted by Crippen LogP contribution is 2.20. The fourth-order valence-electron chi connectivity index (χ4n) is 1.55. The van der Waals surface area contributed by atoms with Crippen LogP contribution < -0.4 is 5.32 Å². The molecule has 3 aromatic rings. The second-order valence-electron chi connectivity index (χ2n) is 3.85. The van der Waals surface area contributed by atoms with Crippen LogP contribution in [0.15, 0.2) is 46.2 Å². The van der Waals surface area contributed by atoms with Crippen molar-refractivity contribution in [3.8, 4) is 11.5 Å². The highest BCUT2D eigenvalue weighted by atomic mass is 32.1. The molecule has 0 aliphatic carbocycles. The van der Waals surface area contributed by atoms with Gasteiger partial charge in [-0.15, -0.1) is 16.4 Å². The molecule has 0 aliphatic heterocycles. The van der Waals surface area contributed by atoms with Gasteiger partial charge in [-0.3, -0.25) is 10.1 Å². The van der Waals surface area contributed by atoms with E-state index < -0.39 is 0 Å². The Labute approximate surface area is 117 Å². The zero-order valence-corrected chi connectivity index (χ0v) is 10.9. The molecule has 5 nitrogen and oxygen atoms in total. The lowest BCUT2D eigenvalue weighted by Gasteiger charge is -1.96. The number of halogens is 1. The smallest absolute Gasteiger partial charge is 0.322 e. The molecule has 1 amide bonds. The van der Waals surface area contributed by atoms with Crippen molar-refractivity contribution in [3.63, 3.8) is 0 Å². The van der Waals surface area contributed by atoms with E-state index in [1.165, 1.54) is 35.6 Å². The molecule has 7 heteroatoms. The van der Waals surface area contributed by atoms with Crippen molar-refractivity contribution in [3.05, 3.63) is 52.5 Å². The zero-order chi connectivity index (χ0) is 13.9. The Balaban J connectivity index is 1.77. The molecule has 100 valence electrons. The molecule has 0 fully saturated rings. The molecule has 0 radical (unpaired) electrons. The summed E-state index contributed by atoms with van der Waals surface area (Å²) in [6.07, 6.45) is 0. The quantitative estimate of drug-likeness (QED) is 0.804. The van der Waals surface area contributed by atoms with Crippen LogP contribution in [-0.2, 0) is 0 Å². The van der Waals surface area contributed by atoms with Gasteiger partial charge in [0.2, 0.25) is 5.89 Å². The van der Waals surface area contributed by atoms with Crippen LogP contribution in [0.4, 0.5) is 10.4 Å². The summed E-state index contributed by atoms with van der Waals surface area (Å²) in [7, 11) is 0. The molecule has 0 atom stereocenters. The van der Waals surface area contributed by atoms with Crippen LogP contribution in [0.5, 0.6) is 0 Å². The lowest BCUT2D eigenvalue weighted by atomic mass is 10.2. The lowest BCUT2D eigenvalue weighted by molar-refractivity contribution is 0.102. The minimum atomic E-state index is -0.348. The van der Waals surface area contributed by atoms with Crippen LogP contribution >= 0.6 is 11.3 Å². The fraction of sp³-hybridized carbons (Fsp3) is 0. The van der Waals surface area contributed by atoms with Gasteiger partial charge in [0.15, 0.2) is 0 Å². The third kappa shape index (κ3) is 2.57. The molecule has 0 aliphatic rings. The number of carbonyl (C=O) groups excluding carboxylic acids is 1. The third-order valence-corrected chi connectivity index (χ3v) is 3.35. The molecule has 20 heavy (non-hydrogen) atoms. The second kappa shape index (κ2) is 5.22. The van der Waals surface area contributed by atoms with Gasteiger partial charge in [0, 0.05) is 5.56 Å². The maximum absolute atomic E-state index is 12.8. The Bertz CT molecular complexity index is 722. The summed E-state index contributed by atoms with van der Waals surface area (Å²) in [5.41, 5.74) is 0.579. The zero-order valence-electron chi connectivity index (χ0n) is 10.0. The number of nitrogens with zero attached hydrogens (tertiary/aromatic N) is 2. The summed E-state index contributed by atoms with van der Waals surface area (Å²) in [5.74, 6) is -0.444. The molecule has 0 saturated heterocycles. The molecule has 0 unspecified atom stereocenters. The lowest BCUT2D eigenvalue weighted by Crippen LogP contribution is -2.10. The van der Waals surface area contributed by atoms with Crippen molar-refractivity contribution >= 4 is 23.3 Å². The second-order valence-corrected chi connectivity index (χ2v) is 4.80. The number of rotatable bonds is 3. The number of benzene rings is 1. The van der Waals surface area contributed by atoms with E-state index in [-0.39, 0.29) is 23.6 Å². The maximum atomic E-state index is 12.8. The molecule has 3 rings (SSSR count). The molecular weight excluding hydrogens is 281 g/mol. The molecule has 2 heterocycles. The van der Waals surface area contributed by atoms with Crippen molar-refractivity contribution < 1.29 is 13.6 Å². The van der Waals surface area contributed by atoms with E-state index in [1.54, 1.807) is 17.5 Å². The first kappa shape index (κ1) is 12.5. The average Bonchev–Trinajstić information content (AvgIpc) is 3.10. The van der Waals surface area contributed by atoms with Crippen LogP contribution in [0.1, 0.15) is 9.67 Å². The van der Waals surface area contributed by atoms with E-state index >= 15 is 0 Å². The van der Waals surface area contributed by atoms with E-state index in [0.717, 1.165) is 0 Å². The molecule has 0 spiro atoms. The van der Waals surface area contributed by atoms with Gasteiger partial charge in [-0.05, 0) is 35.7 Å². The van der Waals surface area contributed by atoms with E-state index in [9.17, 15) is 9.18 Å². The maximum Gasteiger partial charge on any atom is 0.322 e. The predicted molar refractivity (Wildman–Crippen MR) is 72.0 cm³/mol. The first-order chi connectivity index (χ1) is 9.72. The number of thiophene rings is 1. The van der Waals surface area contributed by atoms with E-state index in [0.29, 0.717) is 10.4 Å². The Kier molecular flexibility index (Phi) is 3.26. The van der Waals surface area contributed by atoms with Crippen molar-refractivity contribution in [1.82, 2.24) is 10.2 Å². The Hall–Kier alpha value is -2.54. The Morgan fingerprint density at radius 2 is 2.00 bits per heavy atom. The number of anilines is 1. The van der Waals surface area contributed by atoms with Crippen molar-refractivity contribution in [2.75, 3.05) is 5.32 Å². The monoisotopic (exact) mass is 289 g/mol. The minimum absolute atomic E-state index is 0.00252. The molecule has 0 saturated carbocycles. The standard InChI is InChI=1S/C13H8FN3O2S/c14-9-5-3-8(4-6-9)12-16-17-13(19-12)15-11(18)10-2-1-7-20-10/h1-7H,(H,15,17,18). The van der Waals surface area contributed by atoms with Crippen LogP contribution in [-0.4, -0.2) is 16.1 Å². The number of aromatic nitrogens is 2. The van der Waals surface area contributed by atoms with E-state index in [1.807, 2.05) is 0 Å². The van der Waals surface area contributed by atoms with Gasteiger partial charge in [-0.25, -0.2) is 4.39 Å². The van der Waals surface area contributed by atoms with Crippen LogP contribution in [0.25, 0.3) is 11.5 Å². The van der Waals surface area contributed by atoms with E-state index in [2.05, 4.69) is 15.5 Å². The molecule has 1 N–H and O–H groups in total. The first-order valence-corrected chi connectivity index (χ1v) is 6.54. The number of hydrogen-bond acceptors (Lipinski definition) is 5. The van der Waals surface area contributed by atoms with Crippen LogP contribution in [0.3, 0.4) is 0 Å². The van der Waals surface area contributed by atoms with Gasteiger partial charge in [-0.2, -0.15) is 0 Å². The van der Waals surface area contributed by atoms with Crippen molar-refractivity contribution in [2.24, 2.45) is 0 Å². The van der Waals surface area contributed by atoms with Crippen molar-refractivity contribution in [1.29, 1.82) is 0 Å². The topological polar surface area (TPSA) is 68.0 Å². The molecule has 1 aromatic carbocycles. The normalized spacial score (nSPS) is 10.4. The number of nitrogens with one attached hydrogen (secondary N) is 1. The third-order valence-electron chi connectivity index (χ3n) is 2.48. The van der Waals surface area contributed by atoms with Gasteiger partial charge >= 0.3 is 6.01 Å². The van der Waals surface area contributed by atoms with Gasteiger partial charge < -0.3 is 4.42 Å². The Morgan fingerprint density at radius 1 is 1.20 bits per heavy atom. The largest absolute Gasteiger partial charge is 0.403 e.